The molecule has 1 aliphatic rings. The number of benzene rings is 1. The third kappa shape index (κ3) is 3.08. The van der Waals surface area contributed by atoms with E-state index in [-0.39, 0.29) is 22.8 Å². The second kappa shape index (κ2) is 6.28. The average molecular weight is 369 g/mol. The normalized spacial score (nSPS) is 17.1. The molecule has 0 atom stereocenters. The highest BCUT2D eigenvalue weighted by molar-refractivity contribution is 9.10. The molecule has 0 aliphatic carbocycles. The molecule has 1 aromatic rings. The largest absolute Gasteiger partial charge is 0.298 e. The first kappa shape index (κ1) is 15.5. The van der Waals surface area contributed by atoms with Crippen molar-refractivity contribution in [3.63, 3.8) is 0 Å². The molecular weight excluding hydrogens is 359 g/mol. The van der Waals surface area contributed by atoms with E-state index in [1.165, 1.54) is 29.2 Å². The fourth-order valence-corrected chi connectivity index (χ4v) is 2.49. The van der Waals surface area contributed by atoms with Crippen LogP contribution in [0.1, 0.15) is 5.56 Å². The number of hydrogen-bond donors (Lipinski definition) is 1. The lowest BCUT2D eigenvalue weighted by Gasteiger charge is -2.27. The van der Waals surface area contributed by atoms with Crippen LogP contribution in [-0.4, -0.2) is 28.4 Å². The van der Waals surface area contributed by atoms with Crippen molar-refractivity contribution < 1.29 is 14.0 Å². The smallest absolute Gasteiger partial charge is 0.265 e. The Kier molecular flexibility index (Phi) is 4.64. The maximum Gasteiger partial charge on any atom is 0.265 e. The van der Waals surface area contributed by atoms with Crippen LogP contribution in [0.15, 0.2) is 40.9 Å². The fourth-order valence-electron chi connectivity index (χ4n) is 1.78. The highest BCUT2D eigenvalue weighted by Gasteiger charge is 2.32. The molecule has 108 valence electrons. The molecule has 7 heteroatoms. The number of halogens is 2. The zero-order chi connectivity index (χ0) is 15.6. The summed E-state index contributed by atoms with van der Waals surface area (Å²) in [7, 11) is 0. The quantitative estimate of drug-likeness (QED) is 0.385. The van der Waals surface area contributed by atoms with Crippen LogP contribution >= 0.6 is 28.1 Å². The van der Waals surface area contributed by atoms with Gasteiger partial charge in [0.05, 0.1) is 0 Å². The standard InChI is InChI=1S/C14H10BrFN2O2S/c1-2-6-18-13(20)9(12(19)17-14(18)21)7-8-10(15)4-3-5-11(8)16/h2-5,7H,1,6H2,(H,17,19,21). The summed E-state index contributed by atoms with van der Waals surface area (Å²) in [6.45, 7) is 3.69. The van der Waals surface area contributed by atoms with Gasteiger partial charge in [-0.15, -0.1) is 6.58 Å². The van der Waals surface area contributed by atoms with Crippen LogP contribution in [0.3, 0.4) is 0 Å². The van der Waals surface area contributed by atoms with Gasteiger partial charge in [-0.2, -0.15) is 0 Å². The minimum atomic E-state index is -0.652. The van der Waals surface area contributed by atoms with E-state index in [0.717, 1.165) is 0 Å². The number of thiocarbonyl (C=S) groups is 1. The van der Waals surface area contributed by atoms with E-state index in [1.807, 2.05) is 0 Å². The number of carbonyl (C=O) groups is 2. The Hall–Kier alpha value is -1.86. The van der Waals surface area contributed by atoms with Crippen LogP contribution in [0.4, 0.5) is 4.39 Å². The van der Waals surface area contributed by atoms with E-state index in [0.29, 0.717) is 4.47 Å². The van der Waals surface area contributed by atoms with Crippen LogP contribution < -0.4 is 5.32 Å². The van der Waals surface area contributed by atoms with Crippen molar-refractivity contribution >= 4 is 51.2 Å². The van der Waals surface area contributed by atoms with E-state index < -0.39 is 17.6 Å². The fraction of sp³-hybridized carbons (Fsp3) is 0.0714. The van der Waals surface area contributed by atoms with Gasteiger partial charge in [0.1, 0.15) is 11.4 Å². The Labute approximate surface area is 134 Å². The summed E-state index contributed by atoms with van der Waals surface area (Å²) in [4.78, 5) is 25.4. The first-order valence-electron chi connectivity index (χ1n) is 5.89. The maximum absolute atomic E-state index is 13.8. The molecule has 0 bridgehead atoms. The first-order chi connectivity index (χ1) is 9.95. The monoisotopic (exact) mass is 368 g/mol. The lowest BCUT2D eigenvalue weighted by molar-refractivity contribution is -0.128. The summed E-state index contributed by atoms with van der Waals surface area (Å²) in [5.74, 6) is -1.78. The summed E-state index contributed by atoms with van der Waals surface area (Å²) in [6.07, 6.45) is 2.69. The Morgan fingerprint density at radius 2 is 2.14 bits per heavy atom. The summed E-state index contributed by atoms with van der Waals surface area (Å²) in [5, 5.41) is 2.41. The number of carbonyl (C=O) groups excluding carboxylic acids is 2. The van der Waals surface area contributed by atoms with Crippen molar-refractivity contribution in [3.05, 3.63) is 52.3 Å². The van der Waals surface area contributed by atoms with Crippen molar-refractivity contribution in [2.45, 2.75) is 0 Å². The number of nitrogens with one attached hydrogen (secondary N) is 1. The van der Waals surface area contributed by atoms with Gasteiger partial charge in [0.25, 0.3) is 11.8 Å². The van der Waals surface area contributed by atoms with Crippen LogP contribution in [0, 0.1) is 5.82 Å². The lowest BCUT2D eigenvalue weighted by Crippen LogP contribution is -2.53. The SMILES string of the molecule is C=CCN1C(=O)C(=Cc2c(F)cccc2Br)C(=O)NC1=S. The van der Waals surface area contributed by atoms with Gasteiger partial charge in [0.15, 0.2) is 5.11 Å². The molecule has 21 heavy (non-hydrogen) atoms. The summed E-state index contributed by atoms with van der Waals surface area (Å²) in [6, 6.07) is 4.38. The zero-order valence-electron chi connectivity index (χ0n) is 10.7. The molecule has 1 aromatic carbocycles. The second-order valence-corrected chi connectivity index (χ2v) is 5.40. The average Bonchev–Trinajstić information content (AvgIpc) is 2.42. The van der Waals surface area contributed by atoms with Gasteiger partial charge in [-0.05, 0) is 30.4 Å². The number of rotatable bonds is 3. The molecule has 4 nitrogen and oxygen atoms in total. The van der Waals surface area contributed by atoms with E-state index in [9.17, 15) is 14.0 Å². The number of nitrogens with zero attached hydrogens (tertiary/aromatic N) is 1. The van der Waals surface area contributed by atoms with Crippen LogP contribution in [0.25, 0.3) is 6.08 Å². The molecule has 1 aliphatic heterocycles. The van der Waals surface area contributed by atoms with Gasteiger partial charge >= 0.3 is 0 Å². The van der Waals surface area contributed by atoms with Crippen LogP contribution in [0.5, 0.6) is 0 Å². The van der Waals surface area contributed by atoms with Crippen molar-refractivity contribution in [1.82, 2.24) is 10.2 Å². The van der Waals surface area contributed by atoms with Gasteiger partial charge in [-0.3, -0.25) is 19.8 Å². The van der Waals surface area contributed by atoms with Crippen LogP contribution in [0.2, 0.25) is 0 Å². The molecule has 0 spiro atoms. The predicted octanol–water partition coefficient (Wildman–Crippen LogP) is 2.40. The number of hydrogen-bond acceptors (Lipinski definition) is 3. The summed E-state index contributed by atoms with van der Waals surface area (Å²) >= 11 is 8.12. The molecule has 0 aromatic heterocycles. The molecule has 2 amide bonds. The number of amides is 2. The molecular formula is C14H10BrFN2O2S. The van der Waals surface area contributed by atoms with Crippen molar-refractivity contribution in [2.24, 2.45) is 0 Å². The van der Waals surface area contributed by atoms with Gasteiger partial charge in [0, 0.05) is 16.6 Å². The summed E-state index contributed by atoms with van der Waals surface area (Å²) < 4.78 is 14.3. The Morgan fingerprint density at radius 3 is 2.76 bits per heavy atom. The van der Waals surface area contributed by atoms with Crippen LogP contribution in [-0.2, 0) is 9.59 Å². The lowest BCUT2D eigenvalue weighted by atomic mass is 10.1. The Bertz CT molecular complexity index is 667. The predicted molar refractivity (Wildman–Crippen MR) is 84.7 cm³/mol. The molecule has 1 heterocycles. The molecule has 1 fully saturated rings. The minimum Gasteiger partial charge on any atom is -0.298 e. The molecule has 2 rings (SSSR count). The summed E-state index contributed by atoms with van der Waals surface area (Å²) in [5.41, 5.74) is -0.0568. The van der Waals surface area contributed by atoms with E-state index in [2.05, 4.69) is 27.8 Å². The zero-order valence-corrected chi connectivity index (χ0v) is 13.1. The minimum absolute atomic E-state index is 0.00893. The third-order valence-electron chi connectivity index (χ3n) is 2.79. The first-order valence-corrected chi connectivity index (χ1v) is 7.09. The van der Waals surface area contributed by atoms with E-state index in [4.69, 9.17) is 12.2 Å². The molecule has 0 unspecified atom stereocenters. The van der Waals surface area contributed by atoms with Gasteiger partial charge in [0.2, 0.25) is 0 Å². The Balaban J connectivity index is 2.48. The maximum atomic E-state index is 13.8. The van der Waals surface area contributed by atoms with Crippen molar-refractivity contribution in [2.75, 3.05) is 6.54 Å². The highest BCUT2D eigenvalue weighted by atomic mass is 79.9. The highest BCUT2D eigenvalue weighted by Crippen LogP contribution is 2.24. The third-order valence-corrected chi connectivity index (χ3v) is 3.80. The molecule has 0 radical (unpaired) electrons. The molecule has 0 saturated carbocycles. The van der Waals surface area contributed by atoms with E-state index >= 15 is 0 Å². The van der Waals surface area contributed by atoms with Gasteiger partial charge in [-0.25, -0.2) is 4.39 Å². The van der Waals surface area contributed by atoms with Gasteiger partial charge in [-0.1, -0.05) is 28.1 Å². The Morgan fingerprint density at radius 1 is 1.43 bits per heavy atom. The second-order valence-electron chi connectivity index (χ2n) is 4.16. The van der Waals surface area contributed by atoms with Crippen molar-refractivity contribution in [3.8, 4) is 0 Å². The molecule has 1 saturated heterocycles. The topological polar surface area (TPSA) is 49.4 Å². The molecule has 1 N–H and O–H groups in total. The van der Waals surface area contributed by atoms with Crippen molar-refractivity contribution in [1.29, 1.82) is 0 Å². The van der Waals surface area contributed by atoms with Gasteiger partial charge < -0.3 is 0 Å². The van der Waals surface area contributed by atoms with E-state index in [1.54, 1.807) is 6.07 Å².